The van der Waals surface area contributed by atoms with Gasteiger partial charge in [0.15, 0.2) is 5.16 Å². The summed E-state index contributed by atoms with van der Waals surface area (Å²) < 4.78 is 1.84. The fraction of sp³-hybridized carbons (Fsp3) is 0.222. The van der Waals surface area contributed by atoms with E-state index in [2.05, 4.69) is 10.2 Å². The Balaban J connectivity index is 2.04. The zero-order valence-electron chi connectivity index (χ0n) is 8.24. The van der Waals surface area contributed by atoms with Gasteiger partial charge in [-0.05, 0) is 22.4 Å². The maximum absolute atomic E-state index is 10.4. The predicted molar refractivity (Wildman–Crippen MR) is 61.8 cm³/mol. The number of hydrogen-bond donors (Lipinski definition) is 1. The van der Waals surface area contributed by atoms with Gasteiger partial charge in [-0.3, -0.25) is 4.79 Å². The van der Waals surface area contributed by atoms with Crippen molar-refractivity contribution in [3.8, 4) is 0 Å². The zero-order valence-corrected chi connectivity index (χ0v) is 9.87. The van der Waals surface area contributed by atoms with Crippen molar-refractivity contribution in [2.75, 3.05) is 5.75 Å². The maximum atomic E-state index is 10.4. The minimum Gasteiger partial charge on any atom is -0.481 e. The molecule has 0 aliphatic heterocycles. The lowest BCUT2D eigenvalue weighted by Crippen LogP contribution is -2.03. The molecule has 0 spiro atoms. The number of carboxylic acid groups (broad SMARTS) is 1. The molecular weight excluding hydrogens is 246 g/mol. The second-order valence-corrected chi connectivity index (χ2v) is 4.78. The Morgan fingerprint density at radius 1 is 1.62 bits per heavy atom. The number of carboxylic acids is 1. The van der Waals surface area contributed by atoms with Gasteiger partial charge < -0.3 is 9.67 Å². The molecule has 2 rings (SSSR count). The highest BCUT2D eigenvalue weighted by Crippen LogP contribution is 2.16. The number of hydrogen-bond acceptors (Lipinski definition) is 5. The van der Waals surface area contributed by atoms with Crippen LogP contribution >= 0.6 is 23.1 Å². The van der Waals surface area contributed by atoms with Gasteiger partial charge in [-0.2, -0.15) is 11.3 Å². The molecule has 0 saturated carbocycles. The standard InChI is InChI=1S/C9H9N3O2S2/c13-8(14)5-16-9-11-10-6-12(9)3-7-1-2-15-4-7/h1-2,4,6H,3,5H2,(H,13,14). The molecule has 0 saturated heterocycles. The molecule has 0 atom stereocenters. The summed E-state index contributed by atoms with van der Waals surface area (Å²) in [4.78, 5) is 10.4. The topological polar surface area (TPSA) is 68.0 Å². The fourth-order valence-corrected chi connectivity index (χ4v) is 2.46. The highest BCUT2D eigenvalue weighted by Gasteiger charge is 2.08. The van der Waals surface area contributed by atoms with Crippen molar-refractivity contribution in [3.63, 3.8) is 0 Å². The molecule has 0 aromatic carbocycles. The fourth-order valence-electron chi connectivity index (χ4n) is 1.17. The highest BCUT2D eigenvalue weighted by atomic mass is 32.2. The van der Waals surface area contributed by atoms with Crippen LogP contribution in [-0.4, -0.2) is 31.6 Å². The lowest BCUT2D eigenvalue weighted by Gasteiger charge is -2.02. The molecule has 0 radical (unpaired) electrons. The summed E-state index contributed by atoms with van der Waals surface area (Å²) in [6.07, 6.45) is 1.61. The summed E-state index contributed by atoms with van der Waals surface area (Å²) in [5, 5.41) is 20.9. The van der Waals surface area contributed by atoms with Gasteiger partial charge in [0.2, 0.25) is 0 Å². The summed E-state index contributed by atoms with van der Waals surface area (Å²) in [6.45, 7) is 0.679. The summed E-state index contributed by atoms with van der Waals surface area (Å²) in [5.41, 5.74) is 1.17. The largest absolute Gasteiger partial charge is 0.481 e. The van der Waals surface area contributed by atoms with Crippen molar-refractivity contribution in [1.29, 1.82) is 0 Å². The van der Waals surface area contributed by atoms with Gasteiger partial charge in [-0.15, -0.1) is 10.2 Å². The quantitative estimate of drug-likeness (QED) is 0.821. The van der Waals surface area contributed by atoms with Crippen LogP contribution in [0.4, 0.5) is 0 Å². The first-order valence-electron chi connectivity index (χ1n) is 4.49. The Hall–Kier alpha value is -1.34. The number of aliphatic carboxylic acids is 1. The number of rotatable bonds is 5. The maximum Gasteiger partial charge on any atom is 0.313 e. The van der Waals surface area contributed by atoms with E-state index >= 15 is 0 Å². The average Bonchev–Trinajstić information content (AvgIpc) is 2.87. The smallest absolute Gasteiger partial charge is 0.313 e. The van der Waals surface area contributed by atoms with Crippen molar-refractivity contribution >= 4 is 29.1 Å². The third kappa shape index (κ3) is 2.83. The third-order valence-electron chi connectivity index (χ3n) is 1.84. The Bertz CT molecular complexity index is 467. The minimum atomic E-state index is -0.852. The van der Waals surface area contributed by atoms with E-state index in [9.17, 15) is 4.79 Å². The summed E-state index contributed by atoms with van der Waals surface area (Å²) in [5.74, 6) is -0.849. The Kier molecular flexibility index (Phi) is 3.58. The molecule has 2 aromatic rings. The molecule has 0 fully saturated rings. The van der Waals surface area contributed by atoms with Crippen LogP contribution in [-0.2, 0) is 11.3 Å². The normalized spacial score (nSPS) is 10.5. The van der Waals surface area contributed by atoms with Gasteiger partial charge in [0.05, 0.1) is 12.3 Å². The van der Waals surface area contributed by atoms with E-state index in [4.69, 9.17) is 5.11 Å². The van der Waals surface area contributed by atoms with Crippen LogP contribution < -0.4 is 0 Å². The monoisotopic (exact) mass is 255 g/mol. The summed E-state index contributed by atoms with van der Waals surface area (Å²) >= 11 is 2.81. The van der Waals surface area contributed by atoms with Gasteiger partial charge in [0, 0.05) is 0 Å². The minimum absolute atomic E-state index is 0.00231. The second-order valence-electron chi connectivity index (χ2n) is 3.06. The molecule has 0 unspecified atom stereocenters. The van der Waals surface area contributed by atoms with Gasteiger partial charge in [-0.25, -0.2) is 0 Å². The molecule has 2 aromatic heterocycles. The molecule has 5 nitrogen and oxygen atoms in total. The molecule has 2 heterocycles. The molecule has 0 aliphatic carbocycles. The number of aromatic nitrogens is 3. The van der Waals surface area contributed by atoms with Crippen molar-refractivity contribution in [3.05, 3.63) is 28.7 Å². The Morgan fingerprint density at radius 3 is 3.19 bits per heavy atom. The van der Waals surface area contributed by atoms with E-state index in [1.54, 1.807) is 17.7 Å². The van der Waals surface area contributed by atoms with Crippen molar-refractivity contribution in [2.24, 2.45) is 0 Å². The Labute approximate surface area is 100 Å². The van der Waals surface area contributed by atoms with Gasteiger partial charge in [0.1, 0.15) is 6.33 Å². The number of carbonyl (C=O) groups is 1. The molecule has 16 heavy (non-hydrogen) atoms. The van der Waals surface area contributed by atoms with Crippen LogP contribution in [0.1, 0.15) is 5.56 Å². The van der Waals surface area contributed by atoms with Gasteiger partial charge >= 0.3 is 5.97 Å². The molecular formula is C9H9N3O2S2. The first-order chi connectivity index (χ1) is 7.75. The first kappa shape index (κ1) is 11.2. The molecule has 0 amide bonds. The van der Waals surface area contributed by atoms with Gasteiger partial charge in [-0.1, -0.05) is 11.8 Å². The first-order valence-corrected chi connectivity index (χ1v) is 6.42. The lowest BCUT2D eigenvalue weighted by molar-refractivity contribution is -0.133. The second kappa shape index (κ2) is 5.13. The number of thiophene rings is 1. The van der Waals surface area contributed by atoms with E-state index in [0.29, 0.717) is 11.7 Å². The summed E-state index contributed by atoms with van der Waals surface area (Å²) in [7, 11) is 0. The van der Waals surface area contributed by atoms with E-state index < -0.39 is 5.97 Å². The molecule has 1 N–H and O–H groups in total. The third-order valence-corrected chi connectivity index (χ3v) is 3.54. The predicted octanol–water partition coefficient (Wildman–Crippen LogP) is 1.56. The van der Waals surface area contributed by atoms with E-state index in [1.165, 1.54) is 17.3 Å². The van der Waals surface area contributed by atoms with Crippen LogP contribution in [0.25, 0.3) is 0 Å². The molecule has 7 heteroatoms. The van der Waals surface area contributed by atoms with Crippen LogP contribution in [0, 0.1) is 0 Å². The van der Waals surface area contributed by atoms with Crippen LogP contribution in [0.5, 0.6) is 0 Å². The molecule has 0 bridgehead atoms. The lowest BCUT2D eigenvalue weighted by atomic mass is 10.3. The Morgan fingerprint density at radius 2 is 2.50 bits per heavy atom. The number of nitrogens with zero attached hydrogens (tertiary/aromatic N) is 3. The average molecular weight is 255 g/mol. The highest BCUT2D eigenvalue weighted by molar-refractivity contribution is 7.99. The van der Waals surface area contributed by atoms with E-state index in [1.807, 2.05) is 21.4 Å². The zero-order chi connectivity index (χ0) is 11.4. The van der Waals surface area contributed by atoms with Crippen molar-refractivity contribution in [1.82, 2.24) is 14.8 Å². The van der Waals surface area contributed by atoms with E-state index in [0.717, 1.165) is 0 Å². The summed E-state index contributed by atoms with van der Waals surface area (Å²) in [6, 6.07) is 2.02. The van der Waals surface area contributed by atoms with Crippen molar-refractivity contribution in [2.45, 2.75) is 11.7 Å². The molecule has 0 aliphatic rings. The molecule has 84 valence electrons. The SMILES string of the molecule is O=C(O)CSc1nncn1Cc1ccsc1. The van der Waals surface area contributed by atoms with Crippen LogP contribution in [0.2, 0.25) is 0 Å². The number of thioether (sulfide) groups is 1. The van der Waals surface area contributed by atoms with Crippen LogP contribution in [0.3, 0.4) is 0 Å². The van der Waals surface area contributed by atoms with Crippen LogP contribution in [0.15, 0.2) is 28.3 Å². The van der Waals surface area contributed by atoms with E-state index in [-0.39, 0.29) is 5.75 Å². The van der Waals surface area contributed by atoms with Gasteiger partial charge in [0.25, 0.3) is 0 Å². The van der Waals surface area contributed by atoms with Crippen molar-refractivity contribution < 1.29 is 9.90 Å².